The molecule has 0 saturated carbocycles. The number of hydrogen-bond acceptors (Lipinski definition) is 2. The maximum absolute atomic E-state index is 11.9. The number of benzene rings is 2. The largest absolute Gasteiger partial charge is 0.483 e. The third-order valence-corrected chi connectivity index (χ3v) is 3.78. The average molecular weight is 369 g/mol. The predicted octanol–water partition coefficient (Wildman–Crippen LogP) is 4.36. The molecule has 3 nitrogen and oxygen atoms in total. The molecule has 0 heterocycles. The van der Waals surface area contributed by atoms with E-state index >= 15 is 0 Å². The maximum atomic E-state index is 11.9. The van der Waals surface area contributed by atoms with E-state index in [1.54, 1.807) is 18.2 Å². The molecule has 0 aliphatic carbocycles. The van der Waals surface area contributed by atoms with Crippen LogP contribution in [0.4, 0.5) is 0 Å². The van der Waals surface area contributed by atoms with Crippen LogP contribution in [0.2, 0.25) is 5.02 Å². The SMILES string of the molecule is C[C@H](NC(=O)COc1ccc(Cl)cc1Br)c1ccccc1. The molecule has 0 aromatic heterocycles. The van der Waals surface area contributed by atoms with Gasteiger partial charge in [0, 0.05) is 5.02 Å². The van der Waals surface area contributed by atoms with Crippen molar-refractivity contribution in [2.75, 3.05) is 6.61 Å². The molecule has 0 unspecified atom stereocenters. The van der Waals surface area contributed by atoms with Crippen LogP contribution >= 0.6 is 27.5 Å². The highest BCUT2D eigenvalue weighted by Crippen LogP contribution is 2.27. The Morgan fingerprint density at radius 1 is 1.29 bits per heavy atom. The van der Waals surface area contributed by atoms with E-state index in [0.29, 0.717) is 10.8 Å². The first-order valence-corrected chi connectivity index (χ1v) is 7.65. The monoisotopic (exact) mass is 367 g/mol. The van der Waals surface area contributed by atoms with Gasteiger partial charge in [0.15, 0.2) is 6.61 Å². The van der Waals surface area contributed by atoms with E-state index in [1.807, 2.05) is 37.3 Å². The zero-order chi connectivity index (χ0) is 15.2. The summed E-state index contributed by atoms with van der Waals surface area (Å²) in [5, 5.41) is 3.50. The van der Waals surface area contributed by atoms with Crippen molar-refractivity contribution in [3.63, 3.8) is 0 Å². The molecule has 2 rings (SSSR count). The summed E-state index contributed by atoms with van der Waals surface area (Å²) in [5.74, 6) is 0.412. The fourth-order valence-electron chi connectivity index (χ4n) is 1.84. The second-order valence-electron chi connectivity index (χ2n) is 4.56. The number of carbonyl (C=O) groups excluding carboxylic acids is 1. The van der Waals surface area contributed by atoms with Crippen LogP contribution in [0.25, 0.3) is 0 Å². The van der Waals surface area contributed by atoms with Gasteiger partial charge in [-0.2, -0.15) is 0 Å². The van der Waals surface area contributed by atoms with E-state index < -0.39 is 0 Å². The number of nitrogens with one attached hydrogen (secondary N) is 1. The quantitative estimate of drug-likeness (QED) is 0.851. The molecule has 1 amide bonds. The third kappa shape index (κ3) is 4.76. The third-order valence-electron chi connectivity index (χ3n) is 2.93. The Labute approximate surface area is 137 Å². The Bertz CT molecular complexity index is 619. The number of rotatable bonds is 5. The Balaban J connectivity index is 1.87. The molecule has 110 valence electrons. The lowest BCUT2D eigenvalue weighted by Crippen LogP contribution is -2.31. The predicted molar refractivity (Wildman–Crippen MR) is 87.6 cm³/mol. The summed E-state index contributed by atoms with van der Waals surface area (Å²) in [4.78, 5) is 11.9. The number of ether oxygens (including phenoxy) is 1. The van der Waals surface area contributed by atoms with Crippen LogP contribution in [0.1, 0.15) is 18.5 Å². The highest BCUT2D eigenvalue weighted by Gasteiger charge is 2.10. The first kappa shape index (κ1) is 15.9. The van der Waals surface area contributed by atoms with Crippen molar-refractivity contribution < 1.29 is 9.53 Å². The number of hydrogen-bond donors (Lipinski definition) is 1. The summed E-state index contributed by atoms with van der Waals surface area (Å²) in [6, 6.07) is 14.9. The van der Waals surface area contributed by atoms with Gasteiger partial charge in [-0.3, -0.25) is 4.79 Å². The van der Waals surface area contributed by atoms with Crippen molar-refractivity contribution in [3.05, 3.63) is 63.6 Å². The summed E-state index contributed by atoms with van der Waals surface area (Å²) in [6.07, 6.45) is 0. The van der Waals surface area contributed by atoms with Crippen LogP contribution in [-0.2, 0) is 4.79 Å². The number of amides is 1. The van der Waals surface area contributed by atoms with Crippen LogP contribution in [0.5, 0.6) is 5.75 Å². The second-order valence-corrected chi connectivity index (χ2v) is 5.85. The number of halogens is 2. The molecule has 1 atom stereocenters. The van der Waals surface area contributed by atoms with E-state index in [1.165, 1.54) is 0 Å². The highest BCUT2D eigenvalue weighted by atomic mass is 79.9. The Morgan fingerprint density at radius 2 is 2.00 bits per heavy atom. The van der Waals surface area contributed by atoms with Crippen molar-refractivity contribution in [2.24, 2.45) is 0 Å². The topological polar surface area (TPSA) is 38.3 Å². The van der Waals surface area contributed by atoms with Crippen molar-refractivity contribution in [2.45, 2.75) is 13.0 Å². The Kier molecular flexibility index (Phi) is 5.65. The van der Waals surface area contributed by atoms with Gasteiger partial charge in [0.05, 0.1) is 10.5 Å². The van der Waals surface area contributed by atoms with Gasteiger partial charge in [0.1, 0.15) is 5.75 Å². The lowest BCUT2D eigenvalue weighted by atomic mass is 10.1. The van der Waals surface area contributed by atoms with Crippen molar-refractivity contribution in [3.8, 4) is 5.75 Å². The molecule has 5 heteroatoms. The van der Waals surface area contributed by atoms with Gasteiger partial charge in [-0.05, 0) is 46.6 Å². The van der Waals surface area contributed by atoms with E-state index in [2.05, 4.69) is 21.2 Å². The highest BCUT2D eigenvalue weighted by molar-refractivity contribution is 9.10. The van der Waals surface area contributed by atoms with E-state index in [4.69, 9.17) is 16.3 Å². The summed E-state index contributed by atoms with van der Waals surface area (Å²) < 4.78 is 6.19. The normalized spacial score (nSPS) is 11.8. The molecule has 0 spiro atoms. The molecule has 1 N–H and O–H groups in total. The number of carbonyl (C=O) groups is 1. The molecule has 0 bridgehead atoms. The van der Waals surface area contributed by atoms with Crippen LogP contribution < -0.4 is 10.1 Å². The van der Waals surface area contributed by atoms with Gasteiger partial charge in [0.25, 0.3) is 5.91 Å². The maximum Gasteiger partial charge on any atom is 0.258 e. The standard InChI is InChI=1S/C16H15BrClNO2/c1-11(12-5-3-2-4-6-12)19-16(20)10-21-15-8-7-13(18)9-14(15)17/h2-9,11H,10H2,1H3,(H,19,20)/t11-/m0/s1. The molecule has 2 aromatic rings. The molecule has 0 aliphatic rings. The smallest absolute Gasteiger partial charge is 0.258 e. The average Bonchev–Trinajstić information content (AvgIpc) is 2.47. The van der Waals surface area contributed by atoms with Gasteiger partial charge in [-0.25, -0.2) is 0 Å². The van der Waals surface area contributed by atoms with Crippen molar-refractivity contribution in [1.82, 2.24) is 5.32 Å². The lowest BCUT2D eigenvalue weighted by molar-refractivity contribution is -0.123. The van der Waals surface area contributed by atoms with Crippen LogP contribution in [-0.4, -0.2) is 12.5 Å². The van der Waals surface area contributed by atoms with Gasteiger partial charge in [-0.15, -0.1) is 0 Å². The zero-order valence-electron chi connectivity index (χ0n) is 11.5. The minimum Gasteiger partial charge on any atom is -0.483 e. The van der Waals surface area contributed by atoms with Gasteiger partial charge < -0.3 is 10.1 Å². The minimum absolute atomic E-state index is 0.0442. The van der Waals surface area contributed by atoms with Crippen LogP contribution in [0, 0.1) is 0 Å². The van der Waals surface area contributed by atoms with Gasteiger partial charge in [-0.1, -0.05) is 41.9 Å². The first-order valence-electron chi connectivity index (χ1n) is 6.48. The molecule has 21 heavy (non-hydrogen) atoms. The lowest BCUT2D eigenvalue weighted by Gasteiger charge is -2.15. The molecule has 0 aliphatic heterocycles. The summed E-state index contributed by atoms with van der Waals surface area (Å²) >= 11 is 9.20. The Hall–Kier alpha value is -1.52. The van der Waals surface area contributed by atoms with Gasteiger partial charge in [0.2, 0.25) is 0 Å². The van der Waals surface area contributed by atoms with Gasteiger partial charge >= 0.3 is 0 Å². The molecular formula is C16H15BrClNO2. The molecule has 0 saturated heterocycles. The van der Waals surface area contributed by atoms with Crippen molar-refractivity contribution >= 4 is 33.4 Å². The summed E-state index contributed by atoms with van der Waals surface area (Å²) in [7, 11) is 0. The minimum atomic E-state index is -0.173. The van der Waals surface area contributed by atoms with Crippen LogP contribution in [0.3, 0.4) is 0 Å². The van der Waals surface area contributed by atoms with Crippen molar-refractivity contribution in [1.29, 1.82) is 0 Å². The van der Waals surface area contributed by atoms with Crippen LogP contribution in [0.15, 0.2) is 53.0 Å². The molecule has 0 radical (unpaired) electrons. The van der Waals surface area contributed by atoms with E-state index in [0.717, 1.165) is 10.0 Å². The summed E-state index contributed by atoms with van der Waals surface area (Å²) in [6.45, 7) is 1.89. The fourth-order valence-corrected chi connectivity index (χ4v) is 2.64. The fraction of sp³-hybridized carbons (Fsp3) is 0.188. The second kappa shape index (κ2) is 7.48. The molecule has 2 aromatic carbocycles. The van der Waals surface area contributed by atoms with E-state index in [9.17, 15) is 4.79 Å². The summed E-state index contributed by atoms with van der Waals surface area (Å²) in [5.41, 5.74) is 1.05. The molecular weight excluding hydrogens is 354 g/mol. The van der Waals surface area contributed by atoms with E-state index in [-0.39, 0.29) is 18.6 Å². The zero-order valence-corrected chi connectivity index (χ0v) is 13.8. The molecule has 0 fully saturated rings. The Morgan fingerprint density at radius 3 is 2.67 bits per heavy atom. The first-order chi connectivity index (χ1) is 10.1.